The van der Waals surface area contributed by atoms with Crippen molar-refractivity contribution in [3.63, 3.8) is 0 Å². The van der Waals surface area contributed by atoms with Gasteiger partial charge >= 0.3 is 0 Å². The van der Waals surface area contributed by atoms with Gasteiger partial charge in [-0.2, -0.15) is 5.26 Å². The van der Waals surface area contributed by atoms with E-state index in [2.05, 4.69) is 16.7 Å². The molecule has 2 heterocycles. The summed E-state index contributed by atoms with van der Waals surface area (Å²) in [5.74, 6) is -0.332. The Morgan fingerprint density at radius 1 is 1.44 bits per heavy atom. The van der Waals surface area contributed by atoms with Gasteiger partial charge in [0.05, 0.1) is 12.0 Å². The van der Waals surface area contributed by atoms with Crippen molar-refractivity contribution in [1.29, 1.82) is 5.26 Å². The maximum Gasteiger partial charge on any atom is 0.237 e. The number of nitrogens with one attached hydrogen (secondary N) is 2. The van der Waals surface area contributed by atoms with E-state index < -0.39 is 5.41 Å². The van der Waals surface area contributed by atoms with Gasteiger partial charge in [0, 0.05) is 18.8 Å². The van der Waals surface area contributed by atoms with Crippen molar-refractivity contribution in [2.75, 3.05) is 18.4 Å². The second kappa shape index (κ2) is 3.06. The molecule has 1 aromatic rings. The number of para-hydroxylation sites is 1. The van der Waals surface area contributed by atoms with Gasteiger partial charge in [0.1, 0.15) is 5.41 Å². The number of benzene rings is 1. The van der Waals surface area contributed by atoms with Gasteiger partial charge in [-0.25, -0.2) is 0 Å². The summed E-state index contributed by atoms with van der Waals surface area (Å²) in [7, 11) is 0. The number of rotatable bonds is 0. The third kappa shape index (κ3) is 0.935. The van der Waals surface area contributed by atoms with E-state index in [4.69, 9.17) is 5.26 Å². The highest BCUT2D eigenvalue weighted by molar-refractivity contribution is 6.07. The lowest BCUT2D eigenvalue weighted by Gasteiger charge is -2.23. The van der Waals surface area contributed by atoms with Crippen LogP contribution in [0.2, 0.25) is 0 Å². The lowest BCUT2D eigenvalue weighted by atomic mass is 9.74. The Kier molecular flexibility index (Phi) is 1.79. The minimum absolute atomic E-state index is 0.0507. The Balaban J connectivity index is 2.21. The van der Waals surface area contributed by atoms with E-state index in [1.54, 1.807) is 0 Å². The van der Waals surface area contributed by atoms with Crippen molar-refractivity contribution < 1.29 is 4.79 Å². The van der Waals surface area contributed by atoms with Crippen LogP contribution in [0.1, 0.15) is 5.56 Å². The molecule has 80 valence electrons. The predicted octanol–water partition coefficient (Wildman–Crippen LogP) is 0.619. The van der Waals surface area contributed by atoms with Crippen LogP contribution >= 0.6 is 0 Å². The highest BCUT2D eigenvalue weighted by atomic mass is 16.2. The van der Waals surface area contributed by atoms with E-state index in [1.807, 2.05) is 24.3 Å². The van der Waals surface area contributed by atoms with Crippen molar-refractivity contribution in [1.82, 2.24) is 5.32 Å². The third-order valence-electron chi connectivity index (χ3n) is 3.56. The smallest absolute Gasteiger partial charge is 0.237 e. The molecular formula is C12H11N3O. The van der Waals surface area contributed by atoms with Crippen molar-refractivity contribution in [2.24, 2.45) is 5.92 Å². The first kappa shape index (κ1) is 9.37. The van der Waals surface area contributed by atoms with E-state index >= 15 is 0 Å². The number of anilines is 1. The Hall–Kier alpha value is -1.86. The van der Waals surface area contributed by atoms with Gasteiger partial charge in [-0.1, -0.05) is 18.2 Å². The monoisotopic (exact) mass is 213 g/mol. The van der Waals surface area contributed by atoms with E-state index in [0.717, 1.165) is 11.3 Å². The lowest BCUT2D eigenvalue weighted by Crippen LogP contribution is -2.41. The van der Waals surface area contributed by atoms with Crippen LogP contribution in [-0.4, -0.2) is 19.0 Å². The normalized spacial score (nSPS) is 31.2. The molecule has 2 N–H and O–H groups in total. The summed E-state index contributed by atoms with van der Waals surface area (Å²) in [6.45, 7) is 1.13. The molecule has 2 atom stereocenters. The van der Waals surface area contributed by atoms with E-state index in [1.165, 1.54) is 0 Å². The van der Waals surface area contributed by atoms with Crippen LogP contribution in [0.5, 0.6) is 0 Å². The molecule has 1 saturated heterocycles. The van der Waals surface area contributed by atoms with E-state index in [-0.39, 0.29) is 11.8 Å². The largest absolute Gasteiger partial charge is 0.325 e. The summed E-state index contributed by atoms with van der Waals surface area (Å²) < 4.78 is 0. The molecule has 2 unspecified atom stereocenters. The summed E-state index contributed by atoms with van der Waals surface area (Å²) in [6.07, 6.45) is 0. The first-order valence-electron chi connectivity index (χ1n) is 5.30. The van der Waals surface area contributed by atoms with Crippen LogP contribution < -0.4 is 10.6 Å². The minimum atomic E-state index is -0.675. The summed E-state index contributed by atoms with van der Waals surface area (Å²) >= 11 is 0. The van der Waals surface area contributed by atoms with E-state index in [9.17, 15) is 4.79 Å². The van der Waals surface area contributed by atoms with Crippen LogP contribution in [0.25, 0.3) is 0 Å². The second-order valence-corrected chi connectivity index (χ2v) is 4.28. The van der Waals surface area contributed by atoms with Crippen molar-refractivity contribution >= 4 is 11.6 Å². The van der Waals surface area contributed by atoms with Crippen LogP contribution in [0.4, 0.5) is 5.69 Å². The molecule has 1 fully saturated rings. The molecule has 1 aromatic carbocycles. The molecule has 0 saturated carbocycles. The first-order chi connectivity index (χ1) is 7.79. The standard InChI is InChI=1S/C12H11N3O/c13-5-8-6-14-7-12(8)9-3-1-2-4-10(9)15-11(12)16/h1-4,8,14H,6-7H2,(H,15,16). The fourth-order valence-electron chi connectivity index (χ4n) is 2.73. The van der Waals surface area contributed by atoms with Crippen LogP contribution in [0.3, 0.4) is 0 Å². The molecule has 0 bridgehead atoms. The Labute approximate surface area is 93.3 Å². The Morgan fingerprint density at radius 2 is 2.25 bits per heavy atom. The Bertz CT molecular complexity index is 505. The molecule has 3 rings (SSSR count). The Morgan fingerprint density at radius 3 is 3.06 bits per heavy atom. The van der Waals surface area contributed by atoms with Crippen LogP contribution in [0.15, 0.2) is 24.3 Å². The second-order valence-electron chi connectivity index (χ2n) is 4.28. The van der Waals surface area contributed by atoms with Gasteiger partial charge < -0.3 is 10.6 Å². The summed E-state index contributed by atoms with van der Waals surface area (Å²) in [6, 6.07) is 9.86. The molecule has 4 heteroatoms. The number of carbonyl (C=O) groups excluding carboxylic acids is 1. The van der Waals surface area contributed by atoms with Crippen molar-refractivity contribution in [2.45, 2.75) is 5.41 Å². The number of carbonyl (C=O) groups is 1. The van der Waals surface area contributed by atoms with Crippen LogP contribution in [0, 0.1) is 17.2 Å². The number of nitriles is 1. The quantitative estimate of drug-likeness (QED) is 0.664. The number of hydrogen-bond donors (Lipinski definition) is 2. The van der Waals surface area contributed by atoms with Crippen LogP contribution in [-0.2, 0) is 10.2 Å². The topological polar surface area (TPSA) is 64.9 Å². The molecule has 0 aromatic heterocycles. The number of nitrogens with zero attached hydrogens (tertiary/aromatic N) is 1. The molecule has 4 nitrogen and oxygen atoms in total. The van der Waals surface area contributed by atoms with Gasteiger partial charge in [-0.15, -0.1) is 0 Å². The molecule has 2 aliphatic rings. The van der Waals surface area contributed by atoms with Gasteiger partial charge in [0.2, 0.25) is 5.91 Å². The number of amides is 1. The number of hydrogen-bond acceptors (Lipinski definition) is 3. The molecule has 1 amide bonds. The molecular weight excluding hydrogens is 202 g/mol. The fraction of sp³-hybridized carbons (Fsp3) is 0.333. The van der Waals surface area contributed by atoms with Gasteiger partial charge in [-0.3, -0.25) is 4.79 Å². The summed E-state index contributed by atoms with van der Waals surface area (Å²) in [5, 5.41) is 15.2. The fourth-order valence-corrected chi connectivity index (χ4v) is 2.73. The molecule has 0 radical (unpaired) electrons. The van der Waals surface area contributed by atoms with Gasteiger partial charge in [0.25, 0.3) is 0 Å². The zero-order chi connectivity index (χ0) is 11.2. The van der Waals surface area contributed by atoms with Crippen molar-refractivity contribution in [3.8, 4) is 6.07 Å². The zero-order valence-electron chi connectivity index (χ0n) is 8.66. The predicted molar refractivity (Wildman–Crippen MR) is 58.7 cm³/mol. The minimum Gasteiger partial charge on any atom is -0.325 e. The molecule has 16 heavy (non-hydrogen) atoms. The summed E-state index contributed by atoms with van der Waals surface area (Å²) in [4.78, 5) is 12.1. The highest BCUT2D eigenvalue weighted by Crippen LogP contribution is 2.44. The molecule has 2 aliphatic heterocycles. The van der Waals surface area contributed by atoms with E-state index in [0.29, 0.717) is 13.1 Å². The third-order valence-corrected chi connectivity index (χ3v) is 3.56. The SMILES string of the molecule is N#CC1CNCC12C(=O)Nc1ccccc12. The maximum atomic E-state index is 12.1. The molecule has 0 aliphatic carbocycles. The summed E-state index contributed by atoms with van der Waals surface area (Å²) in [5.41, 5.74) is 1.12. The van der Waals surface area contributed by atoms with Gasteiger partial charge in [0.15, 0.2) is 0 Å². The first-order valence-corrected chi connectivity index (χ1v) is 5.30. The average molecular weight is 213 g/mol. The lowest BCUT2D eigenvalue weighted by molar-refractivity contribution is -0.120. The number of fused-ring (bicyclic) bond motifs is 2. The maximum absolute atomic E-state index is 12.1. The average Bonchev–Trinajstić information content (AvgIpc) is 2.85. The molecule has 1 spiro atoms. The highest BCUT2D eigenvalue weighted by Gasteiger charge is 2.55. The zero-order valence-corrected chi connectivity index (χ0v) is 8.66. The van der Waals surface area contributed by atoms with Gasteiger partial charge in [-0.05, 0) is 11.6 Å². The van der Waals surface area contributed by atoms with Crippen molar-refractivity contribution in [3.05, 3.63) is 29.8 Å².